The van der Waals surface area contributed by atoms with Crippen LogP contribution >= 0.6 is 0 Å². The molecule has 1 amide bonds. The topological polar surface area (TPSA) is 75.5 Å². The zero-order valence-electron chi connectivity index (χ0n) is 16.2. The minimum absolute atomic E-state index is 0.00994. The largest absolute Gasteiger partial charge is 0.368 e. The van der Waals surface area contributed by atoms with E-state index in [1.165, 1.54) is 10.9 Å². The van der Waals surface area contributed by atoms with E-state index in [4.69, 9.17) is 0 Å². The van der Waals surface area contributed by atoms with Gasteiger partial charge in [-0.15, -0.1) is 0 Å². The van der Waals surface area contributed by atoms with Gasteiger partial charge in [0.15, 0.2) is 5.78 Å². The van der Waals surface area contributed by atoms with Crippen molar-refractivity contribution >= 4 is 28.3 Å². The first kappa shape index (κ1) is 18.9. The Kier molecular flexibility index (Phi) is 5.12. The van der Waals surface area contributed by atoms with E-state index in [1.807, 2.05) is 30.3 Å². The normalized spacial score (nSPS) is 14.2. The molecule has 0 bridgehead atoms. The van der Waals surface area contributed by atoms with Crippen LogP contribution in [0, 0.1) is 0 Å². The lowest BCUT2D eigenvalue weighted by molar-refractivity contribution is -0.132. The molecule has 0 atom stereocenters. The number of ketones is 1. The summed E-state index contributed by atoms with van der Waals surface area (Å²) in [6, 6.07) is 14.7. The average Bonchev–Trinajstić information content (AvgIpc) is 2.76. The van der Waals surface area contributed by atoms with Crippen molar-refractivity contribution in [3.8, 4) is 0 Å². The van der Waals surface area contributed by atoms with Crippen LogP contribution in [-0.4, -0.2) is 52.3 Å². The van der Waals surface area contributed by atoms with Crippen molar-refractivity contribution in [1.82, 2.24) is 14.5 Å². The van der Waals surface area contributed by atoms with Crippen LogP contribution in [0.5, 0.6) is 0 Å². The first-order valence-corrected chi connectivity index (χ1v) is 9.61. The Hall–Kier alpha value is -3.48. The molecule has 29 heavy (non-hydrogen) atoms. The fourth-order valence-corrected chi connectivity index (χ4v) is 3.59. The summed E-state index contributed by atoms with van der Waals surface area (Å²) in [6.07, 6.45) is 1.44. The van der Waals surface area contributed by atoms with Crippen molar-refractivity contribution in [2.45, 2.75) is 13.5 Å². The van der Waals surface area contributed by atoms with Gasteiger partial charge < -0.3 is 9.80 Å². The molecule has 148 valence electrons. The van der Waals surface area contributed by atoms with E-state index in [2.05, 4.69) is 9.88 Å². The Balaban J connectivity index is 1.40. The summed E-state index contributed by atoms with van der Waals surface area (Å²) in [5, 5.41) is 0.515. The molecule has 7 heteroatoms. The Bertz CT molecular complexity index is 1110. The number of rotatable bonds is 4. The minimum atomic E-state index is -0.201. The Morgan fingerprint density at radius 1 is 0.966 bits per heavy atom. The van der Waals surface area contributed by atoms with Crippen LogP contribution in [0.1, 0.15) is 17.3 Å². The van der Waals surface area contributed by atoms with Gasteiger partial charge in [0.25, 0.3) is 5.56 Å². The van der Waals surface area contributed by atoms with Gasteiger partial charge in [-0.05, 0) is 43.3 Å². The summed E-state index contributed by atoms with van der Waals surface area (Å²) in [6.45, 7) is 4.12. The molecule has 0 N–H and O–H groups in total. The zero-order chi connectivity index (χ0) is 20.4. The van der Waals surface area contributed by atoms with E-state index in [0.29, 0.717) is 42.6 Å². The molecule has 7 nitrogen and oxygen atoms in total. The van der Waals surface area contributed by atoms with Crippen LogP contribution in [0.3, 0.4) is 0 Å². The average molecular weight is 390 g/mol. The molecule has 1 saturated heterocycles. The van der Waals surface area contributed by atoms with Gasteiger partial charge in [0.2, 0.25) is 5.91 Å². The van der Waals surface area contributed by atoms with Crippen molar-refractivity contribution in [3.63, 3.8) is 0 Å². The quantitative estimate of drug-likeness (QED) is 0.637. The van der Waals surface area contributed by atoms with Crippen LogP contribution in [-0.2, 0) is 11.3 Å². The second-order valence-corrected chi connectivity index (χ2v) is 7.17. The summed E-state index contributed by atoms with van der Waals surface area (Å²) < 4.78 is 1.37. The SMILES string of the molecule is CC(=O)c1ccc(N2CCN(C(=O)Cn3cnc4ccccc4c3=O)CC2)cc1. The summed E-state index contributed by atoms with van der Waals surface area (Å²) in [7, 11) is 0. The first-order chi connectivity index (χ1) is 14.0. The fraction of sp³-hybridized carbons (Fsp3) is 0.273. The highest BCUT2D eigenvalue weighted by atomic mass is 16.2. The highest BCUT2D eigenvalue weighted by Crippen LogP contribution is 2.18. The summed E-state index contributed by atoms with van der Waals surface area (Å²) in [5.41, 5.74) is 2.16. The lowest BCUT2D eigenvalue weighted by Gasteiger charge is -2.36. The van der Waals surface area contributed by atoms with Crippen molar-refractivity contribution in [2.75, 3.05) is 31.1 Å². The number of fused-ring (bicyclic) bond motifs is 1. The predicted octanol–water partition coefficient (Wildman–Crippen LogP) is 1.95. The molecule has 1 aliphatic heterocycles. The lowest BCUT2D eigenvalue weighted by Crippen LogP contribution is -2.50. The molecule has 3 aromatic rings. The number of Topliss-reactive ketones (excluding diaryl/α,β-unsaturated/α-hetero) is 1. The van der Waals surface area contributed by atoms with E-state index in [1.54, 1.807) is 30.0 Å². The highest BCUT2D eigenvalue weighted by molar-refractivity contribution is 5.94. The van der Waals surface area contributed by atoms with E-state index < -0.39 is 0 Å². The molecule has 0 spiro atoms. The number of hydrogen-bond donors (Lipinski definition) is 0. The third-order valence-electron chi connectivity index (χ3n) is 5.31. The van der Waals surface area contributed by atoms with Gasteiger partial charge in [0.1, 0.15) is 6.54 Å². The molecule has 1 aliphatic rings. The van der Waals surface area contributed by atoms with Crippen molar-refractivity contribution < 1.29 is 9.59 Å². The Morgan fingerprint density at radius 3 is 2.34 bits per heavy atom. The van der Waals surface area contributed by atoms with Crippen molar-refractivity contribution in [1.29, 1.82) is 0 Å². The number of para-hydroxylation sites is 1. The summed E-state index contributed by atoms with van der Waals surface area (Å²) in [5.74, 6) is -0.0406. The molecule has 4 rings (SSSR count). The van der Waals surface area contributed by atoms with Gasteiger partial charge in [-0.1, -0.05) is 12.1 Å². The zero-order valence-corrected chi connectivity index (χ0v) is 16.2. The lowest BCUT2D eigenvalue weighted by atomic mass is 10.1. The van der Waals surface area contributed by atoms with Gasteiger partial charge in [0.05, 0.1) is 17.2 Å². The van der Waals surface area contributed by atoms with E-state index in [0.717, 1.165) is 5.69 Å². The number of carbonyl (C=O) groups excluding carboxylic acids is 2. The van der Waals surface area contributed by atoms with Gasteiger partial charge in [-0.25, -0.2) is 4.98 Å². The second kappa shape index (κ2) is 7.87. The molecule has 1 fully saturated rings. The third kappa shape index (κ3) is 3.89. The van der Waals surface area contributed by atoms with E-state index in [9.17, 15) is 14.4 Å². The Morgan fingerprint density at radius 2 is 1.66 bits per heavy atom. The second-order valence-electron chi connectivity index (χ2n) is 7.17. The van der Waals surface area contributed by atoms with Crippen molar-refractivity contribution in [3.05, 3.63) is 70.8 Å². The van der Waals surface area contributed by atoms with Gasteiger partial charge in [-0.2, -0.15) is 0 Å². The molecule has 0 unspecified atom stereocenters. The predicted molar refractivity (Wildman–Crippen MR) is 111 cm³/mol. The summed E-state index contributed by atoms with van der Waals surface area (Å²) in [4.78, 5) is 44.9. The monoisotopic (exact) mass is 390 g/mol. The molecule has 0 saturated carbocycles. The maximum atomic E-state index is 12.7. The maximum Gasteiger partial charge on any atom is 0.261 e. The molecular formula is C22H22N4O3. The summed E-state index contributed by atoms with van der Waals surface area (Å²) >= 11 is 0. The number of anilines is 1. The molecular weight excluding hydrogens is 368 g/mol. The van der Waals surface area contributed by atoms with Gasteiger partial charge in [-0.3, -0.25) is 19.0 Å². The minimum Gasteiger partial charge on any atom is -0.368 e. The first-order valence-electron chi connectivity index (χ1n) is 9.61. The van der Waals surface area contributed by atoms with Gasteiger partial charge >= 0.3 is 0 Å². The van der Waals surface area contributed by atoms with Crippen LogP contribution in [0.25, 0.3) is 10.9 Å². The molecule has 2 aromatic carbocycles. The number of benzene rings is 2. The maximum absolute atomic E-state index is 12.7. The number of nitrogens with zero attached hydrogens (tertiary/aromatic N) is 4. The number of amides is 1. The van der Waals surface area contributed by atoms with Crippen LogP contribution in [0.2, 0.25) is 0 Å². The van der Waals surface area contributed by atoms with Gasteiger partial charge in [0, 0.05) is 37.4 Å². The molecule has 1 aromatic heterocycles. The third-order valence-corrected chi connectivity index (χ3v) is 5.31. The number of carbonyl (C=O) groups is 2. The van der Waals surface area contributed by atoms with Crippen LogP contribution in [0.4, 0.5) is 5.69 Å². The molecule has 0 aliphatic carbocycles. The smallest absolute Gasteiger partial charge is 0.261 e. The van der Waals surface area contributed by atoms with Crippen LogP contribution < -0.4 is 10.5 Å². The van der Waals surface area contributed by atoms with Crippen LogP contribution in [0.15, 0.2) is 59.7 Å². The molecule has 0 radical (unpaired) electrons. The number of hydrogen-bond acceptors (Lipinski definition) is 5. The molecule has 2 heterocycles. The Labute approximate surface area is 168 Å². The van der Waals surface area contributed by atoms with E-state index in [-0.39, 0.29) is 23.8 Å². The van der Waals surface area contributed by atoms with Crippen molar-refractivity contribution in [2.24, 2.45) is 0 Å². The van der Waals surface area contributed by atoms with E-state index >= 15 is 0 Å². The number of aromatic nitrogens is 2. The number of piperazine rings is 1. The standard InChI is InChI=1S/C22H22N4O3/c1-16(27)17-6-8-18(9-7-17)24-10-12-25(13-11-24)21(28)14-26-15-23-20-5-3-2-4-19(20)22(26)29/h2-9,15H,10-14H2,1H3. The highest BCUT2D eigenvalue weighted by Gasteiger charge is 2.22. The fourth-order valence-electron chi connectivity index (χ4n) is 3.59.